The zero-order valence-electron chi connectivity index (χ0n) is 20.9. The lowest BCUT2D eigenvalue weighted by molar-refractivity contribution is -0.123. The molecule has 0 fully saturated rings. The van der Waals surface area contributed by atoms with Gasteiger partial charge in [0.2, 0.25) is 0 Å². The number of carbonyl (C=O) groups excluding carboxylic acids is 2. The Morgan fingerprint density at radius 3 is 2.50 bits per heavy atom. The molecule has 0 bridgehead atoms. The molecule has 4 aromatic rings. The van der Waals surface area contributed by atoms with Gasteiger partial charge in [0, 0.05) is 10.9 Å². The van der Waals surface area contributed by atoms with Gasteiger partial charge in [0.1, 0.15) is 5.69 Å². The van der Waals surface area contributed by atoms with Crippen molar-refractivity contribution in [3.63, 3.8) is 0 Å². The smallest absolute Gasteiger partial charge is 0.272 e. The number of nitrogens with zero attached hydrogens (tertiary/aromatic N) is 2. The zero-order valence-corrected chi connectivity index (χ0v) is 20.9. The minimum absolute atomic E-state index is 0.177. The molecule has 0 saturated heterocycles. The Morgan fingerprint density at radius 2 is 1.76 bits per heavy atom. The van der Waals surface area contributed by atoms with Crippen molar-refractivity contribution in [3.05, 3.63) is 100.0 Å². The number of amides is 2. The highest BCUT2D eigenvalue weighted by Crippen LogP contribution is 2.27. The van der Waals surface area contributed by atoms with Crippen LogP contribution in [0.3, 0.4) is 0 Å². The Hall–Kier alpha value is -4.99. The molecule has 0 aliphatic rings. The molecule has 3 aromatic carbocycles. The van der Waals surface area contributed by atoms with E-state index in [4.69, 9.17) is 9.47 Å². The number of hydrazone groups is 1. The van der Waals surface area contributed by atoms with Crippen molar-refractivity contribution in [2.45, 2.75) is 19.4 Å². The van der Waals surface area contributed by atoms with Gasteiger partial charge in [-0.25, -0.2) is 10.5 Å². The van der Waals surface area contributed by atoms with E-state index in [-0.39, 0.29) is 5.69 Å². The van der Waals surface area contributed by atoms with Gasteiger partial charge < -0.3 is 14.8 Å². The van der Waals surface area contributed by atoms with Crippen molar-refractivity contribution in [2.24, 2.45) is 5.10 Å². The van der Waals surface area contributed by atoms with Crippen molar-refractivity contribution in [3.8, 4) is 11.5 Å². The molecule has 2 amide bonds. The zero-order chi connectivity index (χ0) is 26.9. The molecule has 0 spiro atoms. The van der Waals surface area contributed by atoms with Gasteiger partial charge in [-0.2, -0.15) is 10.2 Å². The van der Waals surface area contributed by atoms with E-state index >= 15 is 0 Å². The molecule has 1 heterocycles. The highest BCUT2D eigenvalue weighted by molar-refractivity contribution is 5.99. The summed E-state index contributed by atoms with van der Waals surface area (Å²) in [6.45, 7) is 2.57. The maximum absolute atomic E-state index is 13.3. The van der Waals surface area contributed by atoms with Crippen LogP contribution in [0.4, 0.5) is 0 Å². The molecule has 0 unspecified atom stereocenters. The van der Waals surface area contributed by atoms with Crippen LogP contribution in [0.1, 0.15) is 41.0 Å². The number of methoxy groups -OCH3 is 1. The van der Waals surface area contributed by atoms with E-state index < -0.39 is 23.4 Å². The van der Waals surface area contributed by atoms with Gasteiger partial charge in [-0.1, -0.05) is 43.3 Å². The van der Waals surface area contributed by atoms with E-state index in [9.17, 15) is 14.4 Å². The van der Waals surface area contributed by atoms with Crippen LogP contribution in [-0.2, 0) is 4.79 Å². The monoisotopic (exact) mass is 513 g/mol. The van der Waals surface area contributed by atoms with Gasteiger partial charge in [0.25, 0.3) is 17.4 Å². The summed E-state index contributed by atoms with van der Waals surface area (Å²) in [6, 6.07) is 19.2. The van der Waals surface area contributed by atoms with Crippen molar-refractivity contribution < 1.29 is 19.1 Å². The standard InChI is InChI=1S/C28H27N5O5/c1-3-15-38-22-14-13-18(16-23(22)37-2)17-29-32-28(36)25(30-26(34)19-9-5-4-6-10-19)24-20-11-7-8-12-21(20)27(35)33-31-24/h4-14,16-17,25H,3,15H2,1-2H3,(H,30,34)(H,32,36)(H,33,35)/b29-17-/t25-/m0/s1. The lowest BCUT2D eigenvalue weighted by Crippen LogP contribution is -2.40. The van der Waals surface area contributed by atoms with Gasteiger partial charge in [0.15, 0.2) is 17.5 Å². The summed E-state index contributed by atoms with van der Waals surface area (Å²) in [5.74, 6) is 0.00481. The average Bonchev–Trinajstić information content (AvgIpc) is 2.96. The Morgan fingerprint density at radius 1 is 1.03 bits per heavy atom. The number of fused-ring (bicyclic) bond motifs is 1. The maximum atomic E-state index is 13.3. The quantitative estimate of drug-likeness (QED) is 0.220. The average molecular weight is 514 g/mol. The predicted molar refractivity (Wildman–Crippen MR) is 144 cm³/mol. The van der Waals surface area contributed by atoms with Crippen LogP contribution in [-0.4, -0.2) is 41.9 Å². The molecule has 4 rings (SSSR count). The molecule has 1 aromatic heterocycles. The Labute approximate surface area is 218 Å². The van der Waals surface area contributed by atoms with Crippen LogP contribution in [0.5, 0.6) is 11.5 Å². The lowest BCUT2D eigenvalue weighted by atomic mass is 10.0. The number of benzene rings is 3. The molecule has 10 heteroatoms. The fraction of sp³-hybridized carbons (Fsp3) is 0.179. The molecule has 1 atom stereocenters. The Kier molecular flexibility index (Phi) is 8.45. The van der Waals surface area contributed by atoms with Crippen molar-refractivity contribution in [1.29, 1.82) is 0 Å². The molecule has 0 saturated carbocycles. The van der Waals surface area contributed by atoms with E-state index in [0.717, 1.165) is 6.42 Å². The van der Waals surface area contributed by atoms with E-state index in [2.05, 4.69) is 26.0 Å². The second-order valence-corrected chi connectivity index (χ2v) is 8.25. The summed E-state index contributed by atoms with van der Waals surface area (Å²) in [6.07, 6.45) is 2.30. The summed E-state index contributed by atoms with van der Waals surface area (Å²) in [7, 11) is 1.54. The third-order valence-electron chi connectivity index (χ3n) is 5.61. The molecular weight excluding hydrogens is 486 g/mol. The first-order valence-electron chi connectivity index (χ1n) is 12.0. The summed E-state index contributed by atoms with van der Waals surface area (Å²) in [4.78, 5) is 38.5. The third kappa shape index (κ3) is 6.04. The van der Waals surface area contributed by atoms with E-state index in [1.807, 2.05) is 6.92 Å². The van der Waals surface area contributed by atoms with Gasteiger partial charge in [-0.3, -0.25) is 14.4 Å². The summed E-state index contributed by atoms with van der Waals surface area (Å²) < 4.78 is 11.0. The number of hydrogen-bond donors (Lipinski definition) is 3. The normalized spacial score (nSPS) is 11.7. The number of aromatic amines is 1. The number of H-pyrrole nitrogens is 1. The molecule has 194 valence electrons. The summed E-state index contributed by atoms with van der Waals surface area (Å²) >= 11 is 0. The number of rotatable bonds is 10. The van der Waals surface area contributed by atoms with E-state index in [1.54, 1.807) is 79.9 Å². The van der Waals surface area contributed by atoms with E-state index in [0.29, 0.717) is 40.0 Å². The van der Waals surface area contributed by atoms with Gasteiger partial charge in [0.05, 0.1) is 25.3 Å². The fourth-order valence-electron chi connectivity index (χ4n) is 3.75. The first kappa shape index (κ1) is 26.1. The van der Waals surface area contributed by atoms with Crippen LogP contribution in [0.15, 0.2) is 82.7 Å². The predicted octanol–water partition coefficient (Wildman–Crippen LogP) is 3.34. The fourth-order valence-corrected chi connectivity index (χ4v) is 3.75. The summed E-state index contributed by atoms with van der Waals surface area (Å²) in [5.41, 5.74) is 3.25. The van der Waals surface area contributed by atoms with Crippen LogP contribution >= 0.6 is 0 Å². The number of nitrogens with one attached hydrogen (secondary N) is 3. The molecule has 3 N–H and O–H groups in total. The van der Waals surface area contributed by atoms with Gasteiger partial charge in [-0.15, -0.1) is 0 Å². The molecule has 0 aliphatic heterocycles. The Bertz CT molecular complexity index is 1520. The van der Waals surface area contributed by atoms with Crippen molar-refractivity contribution in [2.75, 3.05) is 13.7 Å². The molecular formula is C28H27N5O5. The van der Waals surface area contributed by atoms with Crippen LogP contribution in [0.2, 0.25) is 0 Å². The molecule has 10 nitrogen and oxygen atoms in total. The van der Waals surface area contributed by atoms with Crippen LogP contribution in [0, 0.1) is 0 Å². The molecule has 0 radical (unpaired) electrons. The summed E-state index contributed by atoms with van der Waals surface area (Å²) in [5, 5.41) is 14.0. The largest absolute Gasteiger partial charge is 0.493 e. The Balaban J connectivity index is 1.61. The first-order chi connectivity index (χ1) is 18.5. The topological polar surface area (TPSA) is 135 Å². The van der Waals surface area contributed by atoms with E-state index in [1.165, 1.54) is 6.21 Å². The minimum Gasteiger partial charge on any atom is -0.493 e. The number of ether oxygens (including phenoxy) is 2. The second kappa shape index (κ2) is 12.3. The lowest BCUT2D eigenvalue weighted by Gasteiger charge is -2.18. The van der Waals surface area contributed by atoms with Crippen LogP contribution < -0.4 is 25.8 Å². The highest BCUT2D eigenvalue weighted by Gasteiger charge is 2.27. The van der Waals surface area contributed by atoms with Crippen LogP contribution in [0.25, 0.3) is 10.8 Å². The first-order valence-corrected chi connectivity index (χ1v) is 12.0. The van der Waals surface area contributed by atoms with Crippen molar-refractivity contribution in [1.82, 2.24) is 20.9 Å². The second-order valence-electron chi connectivity index (χ2n) is 8.25. The molecule has 38 heavy (non-hydrogen) atoms. The third-order valence-corrected chi connectivity index (χ3v) is 5.61. The highest BCUT2D eigenvalue weighted by atomic mass is 16.5. The number of aromatic nitrogens is 2. The number of carbonyl (C=O) groups is 2. The van der Waals surface area contributed by atoms with Gasteiger partial charge >= 0.3 is 0 Å². The van der Waals surface area contributed by atoms with Crippen molar-refractivity contribution >= 4 is 28.8 Å². The minimum atomic E-state index is -1.25. The SMILES string of the molecule is CCCOc1ccc(/C=N\NC(=O)[C@@H](NC(=O)c2ccccc2)c2n[nH]c(=O)c3ccccc23)cc1OC. The number of hydrogen-bond acceptors (Lipinski definition) is 7. The molecule has 0 aliphatic carbocycles. The maximum Gasteiger partial charge on any atom is 0.272 e. The van der Waals surface area contributed by atoms with Gasteiger partial charge in [-0.05, 0) is 48.4 Å².